The number of benzene rings is 1. The molecule has 0 aromatic heterocycles. The van der Waals surface area contributed by atoms with E-state index in [1.165, 1.54) is 31.6 Å². The Balaban J connectivity index is 1.51. The Morgan fingerprint density at radius 3 is 2.26 bits per heavy atom. The van der Waals surface area contributed by atoms with E-state index >= 15 is 0 Å². The molecule has 3 aliphatic rings. The highest BCUT2D eigenvalue weighted by Gasteiger charge is 2.42. The van der Waals surface area contributed by atoms with E-state index in [1.54, 1.807) is 0 Å². The summed E-state index contributed by atoms with van der Waals surface area (Å²) in [6, 6.07) is 7.97. The molecule has 1 aromatic carbocycles. The molecule has 0 radical (unpaired) electrons. The van der Waals surface area contributed by atoms with Gasteiger partial charge >= 0.3 is 0 Å². The molecule has 0 amide bonds. The molecule has 19 heavy (non-hydrogen) atoms. The molecule has 1 aromatic rings. The minimum Gasteiger partial charge on any atom is -0.448 e. The number of para-hydroxylation sites is 2. The summed E-state index contributed by atoms with van der Waals surface area (Å²) in [6.07, 6.45) is 7.86. The van der Waals surface area contributed by atoms with Gasteiger partial charge in [-0.15, -0.1) is 0 Å². The predicted octanol–water partition coefficient (Wildman–Crippen LogP) is 3.32. The van der Waals surface area contributed by atoms with Crippen molar-refractivity contribution in [1.29, 1.82) is 0 Å². The zero-order valence-corrected chi connectivity index (χ0v) is 11.1. The Bertz CT molecular complexity index is 492. The van der Waals surface area contributed by atoms with Crippen LogP contribution >= 0.6 is 0 Å². The maximum absolute atomic E-state index is 6.06. The molecule has 1 spiro atoms. The number of allylic oxidation sites excluding steroid dienone is 1. The topological polar surface area (TPSA) is 21.7 Å². The van der Waals surface area contributed by atoms with Crippen LogP contribution in [0, 0.1) is 0 Å². The quantitative estimate of drug-likeness (QED) is 0.770. The molecule has 3 heteroatoms. The fourth-order valence-electron chi connectivity index (χ4n) is 3.31. The molecule has 0 saturated carbocycles. The first-order chi connectivity index (χ1) is 9.35. The number of likely N-dealkylation sites (tertiary alicyclic amines) is 1. The van der Waals surface area contributed by atoms with Crippen LogP contribution in [0.15, 0.2) is 36.0 Å². The Labute approximate surface area is 113 Å². The van der Waals surface area contributed by atoms with Crippen LogP contribution in [0.4, 0.5) is 0 Å². The maximum atomic E-state index is 6.06. The number of fused-ring (bicyclic) bond motifs is 1. The molecule has 4 rings (SSSR count). The Morgan fingerprint density at radius 1 is 1.00 bits per heavy atom. The van der Waals surface area contributed by atoms with Gasteiger partial charge in [0.25, 0.3) is 5.79 Å². The van der Waals surface area contributed by atoms with E-state index in [0.29, 0.717) is 0 Å². The van der Waals surface area contributed by atoms with Crippen molar-refractivity contribution >= 4 is 0 Å². The summed E-state index contributed by atoms with van der Waals surface area (Å²) in [5.74, 6) is 1.34. The molecular weight excluding hydrogens is 238 g/mol. The fraction of sp³-hybridized carbons (Fsp3) is 0.500. The van der Waals surface area contributed by atoms with Gasteiger partial charge in [-0.25, -0.2) is 0 Å². The van der Waals surface area contributed by atoms with Crippen LogP contribution in [-0.4, -0.2) is 23.8 Å². The lowest BCUT2D eigenvalue weighted by Crippen LogP contribution is -2.41. The van der Waals surface area contributed by atoms with Crippen molar-refractivity contribution in [1.82, 2.24) is 4.90 Å². The molecule has 0 bridgehead atoms. The van der Waals surface area contributed by atoms with Gasteiger partial charge in [-0.1, -0.05) is 18.2 Å². The van der Waals surface area contributed by atoms with Crippen molar-refractivity contribution in [2.75, 3.05) is 13.1 Å². The summed E-state index contributed by atoms with van der Waals surface area (Å²) in [6.45, 7) is 2.45. The second-order valence-electron chi connectivity index (χ2n) is 5.66. The number of nitrogens with zero attached hydrogens (tertiary/aromatic N) is 1. The van der Waals surface area contributed by atoms with Gasteiger partial charge in [0.2, 0.25) is 0 Å². The third-order valence-electron chi connectivity index (χ3n) is 4.36. The summed E-state index contributed by atoms with van der Waals surface area (Å²) < 4.78 is 12.1. The van der Waals surface area contributed by atoms with Crippen molar-refractivity contribution in [3.05, 3.63) is 36.0 Å². The fourth-order valence-corrected chi connectivity index (χ4v) is 3.31. The molecule has 100 valence electrons. The van der Waals surface area contributed by atoms with Gasteiger partial charge in [0, 0.05) is 31.6 Å². The molecular formula is C16H19NO2. The first-order valence-electron chi connectivity index (χ1n) is 7.26. The third-order valence-corrected chi connectivity index (χ3v) is 4.36. The Morgan fingerprint density at radius 2 is 1.68 bits per heavy atom. The summed E-state index contributed by atoms with van der Waals surface area (Å²) in [5.41, 5.74) is 1.49. The lowest BCUT2D eigenvalue weighted by atomic mass is 9.97. The van der Waals surface area contributed by atoms with Gasteiger partial charge in [-0.05, 0) is 31.4 Å². The smallest absolute Gasteiger partial charge is 0.255 e. The predicted molar refractivity (Wildman–Crippen MR) is 73.2 cm³/mol. The molecule has 3 nitrogen and oxygen atoms in total. The van der Waals surface area contributed by atoms with E-state index in [1.807, 2.05) is 24.3 Å². The van der Waals surface area contributed by atoms with E-state index in [0.717, 1.165) is 30.8 Å². The molecule has 0 N–H and O–H groups in total. The average molecular weight is 257 g/mol. The Hall–Kier alpha value is -1.64. The highest BCUT2D eigenvalue weighted by molar-refractivity contribution is 5.43. The molecule has 1 fully saturated rings. The molecule has 2 heterocycles. The summed E-state index contributed by atoms with van der Waals surface area (Å²) in [7, 11) is 0. The van der Waals surface area contributed by atoms with Crippen molar-refractivity contribution in [3.63, 3.8) is 0 Å². The van der Waals surface area contributed by atoms with Gasteiger partial charge in [-0.2, -0.15) is 0 Å². The second kappa shape index (κ2) is 4.19. The van der Waals surface area contributed by atoms with E-state index in [2.05, 4.69) is 11.0 Å². The summed E-state index contributed by atoms with van der Waals surface area (Å²) >= 11 is 0. The van der Waals surface area contributed by atoms with Crippen molar-refractivity contribution in [3.8, 4) is 11.5 Å². The first kappa shape index (κ1) is 11.2. The van der Waals surface area contributed by atoms with Crippen molar-refractivity contribution < 1.29 is 9.47 Å². The largest absolute Gasteiger partial charge is 0.448 e. The van der Waals surface area contributed by atoms with E-state index in [9.17, 15) is 0 Å². The van der Waals surface area contributed by atoms with Crippen LogP contribution in [0.3, 0.4) is 0 Å². The number of hydrogen-bond acceptors (Lipinski definition) is 3. The zero-order valence-electron chi connectivity index (χ0n) is 11.1. The average Bonchev–Trinajstić information content (AvgIpc) is 3.06. The molecule has 2 aliphatic heterocycles. The molecule has 0 atom stereocenters. The second-order valence-corrected chi connectivity index (χ2v) is 5.66. The highest BCUT2D eigenvalue weighted by atomic mass is 16.7. The number of rotatable bonds is 1. The van der Waals surface area contributed by atoms with Crippen LogP contribution < -0.4 is 9.47 Å². The van der Waals surface area contributed by atoms with Crippen LogP contribution in [0.5, 0.6) is 11.5 Å². The SMILES string of the molecule is C1=C(N2CCCC2)CCC2(C1)Oc1ccccc1O2. The Kier molecular flexibility index (Phi) is 2.47. The molecule has 1 aliphatic carbocycles. The van der Waals surface area contributed by atoms with Crippen LogP contribution in [-0.2, 0) is 0 Å². The normalized spacial score (nSPS) is 23.8. The van der Waals surface area contributed by atoms with Gasteiger partial charge in [0.05, 0.1) is 0 Å². The van der Waals surface area contributed by atoms with Crippen molar-refractivity contribution in [2.45, 2.75) is 37.9 Å². The first-order valence-corrected chi connectivity index (χ1v) is 7.26. The minimum absolute atomic E-state index is 0.438. The molecule has 0 unspecified atom stereocenters. The van der Waals surface area contributed by atoms with Gasteiger partial charge < -0.3 is 14.4 Å². The highest BCUT2D eigenvalue weighted by Crippen LogP contribution is 2.45. The van der Waals surface area contributed by atoms with Crippen LogP contribution in [0.1, 0.15) is 32.1 Å². The zero-order chi connectivity index (χ0) is 12.7. The molecule has 1 saturated heterocycles. The van der Waals surface area contributed by atoms with Gasteiger partial charge in [0.15, 0.2) is 11.5 Å². The minimum atomic E-state index is -0.438. The van der Waals surface area contributed by atoms with E-state index in [-0.39, 0.29) is 0 Å². The van der Waals surface area contributed by atoms with Gasteiger partial charge in [-0.3, -0.25) is 0 Å². The third kappa shape index (κ3) is 1.88. The standard InChI is InChI=1S/C16H19NO2/c1-2-6-15-14(5-1)18-16(19-15)9-7-13(8-10-16)17-11-3-4-12-17/h1-2,5-7H,3-4,8-12H2. The van der Waals surface area contributed by atoms with Crippen LogP contribution in [0.25, 0.3) is 0 Å². The number of ether oxygens (including phenoxy) is 2. The van der Waals surface area contributed by atoms with Gasteiger partial charge in [0.1, 0.15) is 0 Å². The lowest BCUT2D eigenvalue weighted by Gasteiger charge is -2.33. The van der Waals surface area contributed by atoms with Crippen LogP contribution in [0.2, 0.25) is 0 Å². The van der Waals surface area contributed by atoms with E-state index in [4.69, 9.17) is 9.47 Å². The number of hydrogen-bond donors (Lipinski definition) is 0. The maximum Gasteiger partial charge on any atom is 0.255 e. The van der Waals surface area contributed by atoms with Crippen molar-refractivity contribution in [2.24, 2.45) is 0 Å². The lowest BCUT2D eigenvalue weighted by molar-refractivity contribution is -0.0874. The monoisotopic (exact) mass is 257 g/mol. The summed E-state index contributed by atoms with van der Waals surface area (Å²) in [5, 5.41) is 0. The summed E-state index contributed by atoms with van der Waals surface area (Å²) in [4.78, 5) is 2.52. The van der Waals surface area contributed by atoms with E-state index < -0.39 is 5.79 Å².